The van der Waals surface area contributed by atoms with Gasteiger partial charge >= 0.3 is 5.63 Å². The molecule has 0 aliphatic carbocycles. The van der Waals surface area contributed by atoms with E-state index in [-0.39, 0.29) is 29.9 Å². The first-order valence-electron chi connectivity index (χ1n) is 6.08. The number of rotatable bonds is 4. The van der Waals surface area contributed by atoms with Crippen LogP contribution in [-0.2, 0) is 10.0 Å². The second-order valence-corrected chi connectivity index (χ2v) is 6.56. The zero-order valence-electron chi connectivity index (χ0n) is 11.6. The summed E-state index contributed by atoms with van der Waals surface area (Å²) in [4.78, 5) is 11.2. The number of benzene rings is 1. The summed E-state index contributed by atoms with van der Waals surface area (Å²) in [5, 5.41) is 0.555. The van der Waals surface area contributed by atoms with Gasteiger partial charge in [0.1, 0.15) is 5.58 Å². The summed E-state index contributed by atoms with van der Waals surface area (Å²) in [5.41, 5.74) is 5.38. The molecule has 2 N–H and O–H groups in total. The average molecular weight is 333 g/mol. The molecule has 1 atom stereocenters. The average Bonchev–Trinajstić information content (AvgIpc) is 2.44. The molecule has 0 aliphatic heterocycles. The predicted octanol–water partition coefficient (Wildman–Crippen LogP) is 1.18. The fraction of sp³-hybridized carbons (Fsp3) is 0.308. The second-order valence-electron chi connectivity index (χ2n) is 4.56. The molecule has 2 rings (SSSR count). The van der Waals surface area contributed by atoms with Crippen LogP contribution >= 0.6 is 12.4 Å². The van der Waals surface area contributed by atoms with E-state index in [1.54, 1.807) is 6.92 Å². The van der Waals surface area contributed by atoms with E-state index in [0.717, 1.165) is 0 Å². The molecule has 0 radical (unpaired) electrons. The maximum atomic E-state index is 12.4. The van der Waals surface area contributed by atoms with Gasteiger partial charge in [0.25, 0.3) is 0 Å². The lowest BCUT2D eigenvalue weighted by Gasteiger charge is -2.23. The molecule has 0 aliphatic rings. The van der Waals surface area contributed by atoms with Crippen molar-refractivity contribution >= 4 is 33.4 Å². The van der Waals surface area contributed by atoms with Gasteiger partial charge in [-0.2, -0.15) is 4.31 Å². The van der Waals surface area contributed by atoms with Crippen LogP contribution in [0.5, 0.6) is 0 Å². The smallest absolute Gasteiger partial charge is 0.336 e. The lowest BCUT2D eigenvalue weighted by molar-refractivity contribution is 0.394. The molecule has 0 saturated heterocycles. The van der Waals surface area contributed by atoms with Crippen molar-refractivity contribution in [1.29, 1.82) is 0 Å². The molecule has 116 valence electrons. The van der Waals surface area contributed by atoms with E-state index in [4.69, 9.17) is 10.2 Å². The number of nitrogens with two attached hydrogens (primary N) is 1. The van der Waals surface area contributed by atoms with Crippen molar-refractivity contribution in [3.63, 3.8) is 0 Å². The van der Waals surface area contributed by atoms with Crippen LogP contribution in [0.15, 0.2) is 44.4 Å². The van der Waals surface area contributed by atoms with Gasteiger partial charge in [-0.3, -0.25) is 0 Å². The summed E-state index contributed by atoms with van der Waals surface area (Å²) in [5.74, 6) is 0. The predicted molar refractivity (Wildman–Crippen MR) is 83.2 cm³/mol. The zero-order valence-corrected chi connectivity index (χ0v) is 13.3. The Morgan fingerprint density at radius 3 is 2.57 bits per heavy atom. The third-order valence-electron chi connectivity index (χ3n) is 3.23. The minimum atomic E-state index is -3.62. The largest absolute Gasteiger partial charge is 0.423 e. The Bertz CT molecular complexity index is 788. The first-order valence-corrected chi connectivity index (χ1v) is 7.52. The third kappa shape index (κ3) is 3.44. The molecule has 21 heavy (non-hydrogen) atoms. The van der Waals surface area contributed by atoms with Crippen LogP contribution in [0.1, 0.15) is 6.92 Å². The molecular weight excluding hydrogens is 316 g/mol. The molecule has 1 heterocycles. The summed E-state index contributed by atoms with van der Waals surface area (Å²) >= 11 is 0. The van der Waals surface area contributed by atoms with Crippen molar-refractivity contribution < 1.29 is 12.8 Å². The van der Waals surface area contributed by atoms with E-state index in [9.17, 15) is 13.2 Å². The Hall–Kier alpha value is -1.41. The molecule has 1 aromatic carbocycles. The first kappa shape index (κ1) is 17.6. The maximum absolute atomic E-state index is 12.4. The molecule has 0 amide bonds. The number of likely N-dealkylation sites (N-methyl/N-ethyl adjacent to an activating group) is 1. The lowest BCUT2D eigenvalue weighted by atomic mass is 10.2. The van der Waals surface area contributed by atoms with Gasteiger partial charge in [-0.15, -0.1) is 12.4 Å². The van der Waals surface area contributed by atoms with Gasteiger partial charge in [-0.1, -0.05) is 0 Å². The van der Waals surface area contributed by atoms with Crippen molar-refractivity contribution in [3.8, 4) is 0 Å². The Balaban J connectivity index is 0.00000220. The number of sulfonamides is 1. The van der Waals surface area contributed by atoms with E-state index < -0.39 is 15.6 Å². The molecule has 1 aromatic heterocycles. The summed E-state index contributed by atoms with van der Waals surface area (Å²) < 4.78 is 31.0. The number of hydrogen-bond donors (Lipinski definition) is 1. The van der Waals surface area contributed by atoms with Gasteiger partial charge in [0, 0.05) is 31.1 Å². The van der Waals surface area contributed by atoms with Gasteiger partial charge in [0.15, 0.2) is 0 Å². The lowest BCUT2D eigenvalue weighted by Crippen LogP contribution is -2.39. The molecule has 8 heteroatoms. The van der Waals surface area contributed by atoms with Crippen LogP contribution in [0.4, 0.5) is 0 Å². The highest BCUT2D eigenvalue weighted by Gasteiger charge is 2.24. The van der Waals surface area contributed by atoms with Crippen LogP contribution in [0.2, 0.25) is 0 Å². The molecule has 1 unspecified atom stereocenters. The normalized spacial score (nSPS) is 13.1. The van der Waals surface area contributed by atoms with E-state index in [1.807, 2.05) is 0 Å². The minimum absolute atomic E-state index is 0. The summed E-state index contributed by atoms with van der Waals surface area (Å²) in [6, 6.07) is 6.86. The monoisotopic (exact) mass is 332 g/mol. The first-order chi connectivity index (χ1) is 9.36. The minimum Gasteiger partial charge on any atom is -0.423 e. The fourth-order valence-electron chi connectivity index (χ4n) is 1.76. The number of fused-ring (bicyclic) bond motifs is 1. The van der Waals surface area contributed by atoms with Gasteiger partial charge in [-0.25, -0.2) is 13.2 Å². The Labute approximate surface area is 129 Å². The Morgan fingerprint density at radius 1 is 1.29 bits per heavy atom. The highest BCUT2D eigenvalue weighted by molar-refractivity contribution is 7.89. The van der Waals surface area contributed by atoms with E-state index in [0.29, 0.717) is 11.0 Å². The quantitative estimate of drug-likeness (QED) is 0.848. The second kappa shape index (κ2) is 6.57. The highest BCUT2D eigenvalue weighted by atomic mass is 35.5. The standard InChI is InChI=1S/C13H16N2O4S.ClH/c1-9(8-14)15(2)20(17,18)11-4-5-12-10(7-11)3-6-13(16)19-12;/h3-7,9H,8,14H2,1-2H3;1H. The van der Waals surface area contributed by atoms with E-state index in [2.05, 4.69) is 0 Å². The molecule has 0 fully saturated rings. The number of halogens is 1. The molecule has 6 nitrogen and oxygen atoms in total. The topological polar surface area (TPSA) is 93.6 Å². The zero-order chi connectivity index (χ0) is 14.9. The van der Waals surface area contributed by atoms with Crippen molar-refractivity contribution in [2.45, 2.75) is 17.9 Å². The van der Waals surface area contributed by atoms with Gasteiger partial charge in [0.2, 0.25) is 10.0 Å². The van der Waals surface area contributed by atoms with Crippen molar-refractivity contribution in [1.82, 2.24) is 4.31 Å². The Morgan fingerprint density at radius 2 is 1.95 bits per heavy atom. The molecular formula is C13H17ClN2O4S. The third-order valence-corrected chi connectivity index (χ3v) is 5.20. The maximum Gasteiger partial charge on any atom is 0.336 e. The molecule has 0 spiro atoms. The van der Waals surface area contributed by atoms with Gasteiger partial charge < -0.3 is 10.2 Å². The van der Waals surface area contributed by atoms with Crippen LogP contribution in [-0.4, -0.2) is 32.4 Å². The molecule has 0 saturated carbocycles. The van der Waals surface area contributed by atoms with Crippen LogP contribution in [0.25, 0.3) is 11.0 Å². The van der Waals surface area contributed by atoms with E-state index in [1.165, 1.54) is 41.7 Å². The van der Waals surface area contributed by atoms with Gasteiger partial charge in [-0.05, 0) is 31.2 Å². The van der Waals surface area contributed by atoms with Crippen molar-refractivity contribution in [3.05, 3.63) is 40.8 Å². The van der Waals surface area contributed by atoms with Crippen LogP contribution in [0.3, 0.4) is 0 Å². The fourth-order valence-corrected chi connectivity index (χ4v) is 3.17. The SMILES string of the molecule is CC(CN)N(C)S(=O)(=O)c1ccc2oc(=O)ccc2c1.Cl. The van der Waals surface area contributed by atoms with E-state index >= 15 is 0 Å². The van der Waals surface area contributed by atoms with Crippen molar-refractivity contribution in [2.24, 2.45) is 5.73 Å². The summed E-state index contributed by atoms with van der Waals surface area (Å²) in [7, 11) is -2.13. The highest BCUT2D eigenvalue weighted by Crippen LogP contribution is 2.21. The number of nitrogens with zero attached hydrogens (tertiary/aromatic N) is 1. The van der Waals surface area contributed by atoms with Crippen molar-refractivity contribution in [2.75, 3.05) is 13.6 Å². The molecule has 0 bridgehead atoms. The van der Waals surface area contributed by atoms with Gasteiger partial charge in [0.05, 0.1) is 4.90 Å². The number of hydrogen-bond acceptors (Lipinski definition) is 5. The molecule has 2 aromatic rings. The summed E-state index contributed by atoms with van der Waals surface area (Å²) in [6.07, 6.45) is 0. The Kier molecular flexibility index (Phi) is 5.52. The van der Waals surface area contributed by atoms with Crippen LogP contribution in [0, 0.1) is 0 Å². The van der Waals surface area contributed by atoms with Crippen LogP contribution < -0.4 is 11.4 Å². The summed E-state index contributed by atoms with van der Waals surface area (Å²) in [6.45, 7) is 1.97.